The molecule has 122 valence electrons. The molecule has 0 aliphatic carbocycles. The molecule has 2 N–H and O–H groups in total. The Morgan fingerprint density at radius 3 is 2.22 bits per heavy atom. The van der Waals surface area contributed by atoms with Crippen LogP contribution in [0.2, 0.25) is 0 Å². The van der Waals surface area contributed by atoms with E-state index in [0.29, 0.717) is 12.2 Å². The molecule has 0 aliphatic heterocycles. The zero-order valence-corrected chi connectivity index (χ0v) is 14.3. The van der Waals surface area contributed by atoms with Gasteiger partial charge in [0.25, 0.3) is 5.91 Å². The molecule has 0 spiro atoms. The van der Waals surface area contributed by atoms with Crippen LogP contribution >= 0.6 is 0 Å². The molecule has 2 aromatic rings. The third-order valence-corrected chi connectivity index (χ3v) is 3.57. The van der Waals surface area contributed by atoms with Crippen LogP contribution in [0.25, 0.3) is 0 Å². The molecule has 0 fully saturated rings. The first-order valence-electron chi connectivity index (χ1n) is 8.02. The fourth-order valence-electron chi connectivity index (χ4n) is 2.15. The fourth-order valence-corrected chi connectivity index (χ4v) is 2.15. The summed E-state index contributed by atoms with van der Waals surface area (Å²) < 4.78 is 0. The number of carbonyl (C=O) groups excluding carboxylic acids is 1. The summed E-state index contributed by atoms with van der Waals surface area (Å²) in [5.41, 5.74) is 3.74. The highest BCUT2D eigenvalue weighted by molar-refractivity contribution is 5.92. The number of nitrogens with one attached hydrogen (secondary N) is 2. The molecule has 1 heterocycles. The standard InChI is InChI=1S/C19H25N3O/c1-5-12-20-18(23)17-11-10-16(13-21-17)22-15-8-6-14(7-9-15)19(2,3)4/h6-11,13,22H,5,12H2,1-4H3,(H,20,23). The molecule has 2 rings (SSSR count). The van der Waals surface area contributed by atoms with Crippen LogP contribution < -0.4 is 10.6 Å². The number of pyridine rings is 1. The quantitative estimate of drug-likeness (QED) is 0.867. The van der Waals surface area contributed by atoms with Crippen LogP contribution in [0.15, 0.2) is 42.6 Å². The minimum atomic E-state index is -0.132. The number of aromatic nitrogens is 1. The van der Waals surface area contributed by atoms with E-state index in [1.54, 1.807) is 12.3 Å². The number of amides is 1. The van der Waals surface area contributed by atoms with Crippen molar-refractivity contribution < 1.29 is 4.79 Å². The topological polar surface area (TPSA) is 54.0 Å². The third kappa shape index (κ3) is 4.81. The van der Waals surface area contributed by atoms with E-state index in [1.807, 2.05) is 13.0 Å². The maximum Gasteiger partial charge on any atom is 0.269 e. The molecule has 23 heavy (non-hydrogen) atoms. The van der Waals surface area contributed by atoms with Crippen molar-refractivity contribution >= 4 is 17.3 Å². The summed E-state index contributed by atoms with van der Waals surface area (Å²) in [5, 5.41) is 6.11. The van der Waals surface area contributed by atoms with E-state index in [-0.39, 0.29) is 11.3 Å². The molecule has 4 heteroatoms. The highest BCUT2D eigenvalue weighted by Crippen LogP contribution is 2.24. The second-order valence-corrected chi connectivity index (χ2v) is 6.64. The molecule has 1 aromatic heterocycles. The monoisotopic (exact) mass is 311 g/mol. The summed E-state index contributed by atoms with van der Waals surface area (Å²) >= 11 is 0. The predicted octanol–water partition coefficient (Wildman–Crippen LogP) is 4.26. The number of hydrogen-bond donors (Lipinski definition) is 2. The van der Waals surface area contributed by atoms with Crippen LogP contribution in [-0.2, 0) is 5.41 Å². The van der Waals surface area contributed by atoms with Gasteiger partial charge in [-0.1, -0.05) is 39.8 Å². The molecule has 0 aliphatic rings. The van der Waals surface area contributed by atoms with Gasteiger partial charge in [0.15, 0.2) is 0 Å². The van der Waals surface area contributed by atoms with E-state index in [1.165, 1.54) is 5.56 Å². The van der Waals surface area contributed by atoms with Gasteiger partial charge in [-0.3, -0.25) is 4.79 Å². The van der Waals surface area contributed by atoms with Crippen molar-refractivity contribution in [2.45, 2.75) is 39.5 Å². The predicted molar refractivity (Wildman–Crippen MR) is 95.3 cm³/mol. The summed E-state index contributed by atoms with van der Waals surface area (Å²) in [6.45, 7) is 9.28. The van der Waals surface area contributed by atoms with Crippen molar-refractivity contribution in [2.24, 2.45) is 0 Å². The number of benzene rings is 1. The Balaban J connectivity index is 2.02. The number of nitrogens with zero attached hydrogens (tertiary/aromatic N) is 1. The SMILES string of the molecule is CCCNC(=O)c1ccc(Nc2ccc(C(C)(C)C)cc2)cn1. The van der Waals surface area contributed by atoms with E-state index < -0.39 is 0 Å². The lowest BCUT2D eigenvalue weighted by molar-refractivity contribution is 0.0949. The highest BCUT2D eigenvalue weighted by atomic mass is 16.1. The van der Waals surface area contributed by atoms with Gasteiger partial charge in [0.05, 0.1) is 11.9 Å². The van der Waals surface area contributed by atoms with E-state index in [9.17, 15) is 4.79 Å². The van der Waals surface area contributed by atoms with Gasteiger partial charge in [0.2, 0.25) is 0 Å². The minimum absolute atomic E-state index is 0.132. The molecule has 0 saturated heterocycles. The lowest BCUT2D eigenvalue weighted by atomic mass is 9.87. The van der Waals surface area contributed by atoms with E-state index in [0.717, 1.165) is 17.8 Å². The molecular formula is C19H25N3O. The zero-order chi connectivity index (χ0) is 16.9. The van der Waals surface area contributed by atoms with Crippen molar-refractivity contribution in [1.29, 1.82) is 0 Å². The minimum Gasteiger partial charge on any atom is -0.354 e. The Hall–Kier alpha value is -2.36. The third-order valence-electron chi connectivity index (χ3n) is 3.57. The summed E-state index contributed by atoms with van der Waals surface area (Å²) in [6.07, 6.45) is 2.59. The van der Waals surface area contributed by atoms with Gasteiger partial charge in [0.1, 0.15) is 5.69 Å². The van der Waals surface area contributed by atoms with Crippen LogP contribution in [0.1, 0.15) is 50.2 Å². The van der Waals surface area contributed by atoms with E-state index in [4.69, 9.17) is 0 Å². The molecule has 0 saturated carbocycles. The number of rotatable bonds is 5. The number of hydrogen-bond acceptors (Lipinski definition) is 3. The Labute approximate surface area is 138 Å². The van der Waals surface area contributed by atoms with Crippen molar-refractivity contribution in [2.75, 3.05) is 11.9 Å². The van der Waals surface area contributed by atoms with E-state index in [2.05, 4.69) is 60.7 Å². The second-order valence-electron chi connectivity index (χ2n) is 6.64. The van der Waals surface area contributed by atoms with Gasteiger partial charge in [-0.25, -0.2) is 4.98 Å². The van der Waals surface area contributed by atoms with Crippen LogP contribution in [-0.4, -0.2) is 17.4 Å². The van der Waals surface area contributed by atoms with Gasteiger partial charge in [0, 0.05) is 12.2 Å². The average Bonchev–Trinajstić information content (AvgIpc) is 2.53. The van der Waals surface area contributed by atoms with Crippen molar-refractivity contribution in [3.8, 4) is 0 Å². The Kier molecular flexibility index (Phi) is 5.37. The van der Waals surface area contributed by atoms with Gasteiger partial charge in [-0.2, -0.15) is 0 Å². The Morgan fingerprint density at radius 1 is 1.04 bits per heavy atom. The van der Waals surface area contributed by atoms with Crippen LogP contribution in [0, 0.1) is 0 Å². The lowest BCUT2D eigenvalue weighted by Gasteiger charge is -2.19. The first kappa shape index (κ1) is 17.0. The largest absolute Gasteiger partial charge is 0.354 e. The lowest BCUT2D eigenvalue weighted by Crippen LogP contribution is -2.24. The fraction of sp³-hybridized carbons (Fsp3) is 0.368. The van der Waals surface area contributed by atoms with Gasteiger partial charge in [-0.05, 0) is 41.7 Å². The Morgan fingerprint density at radius 2 is 1.70 bits per heavy atom. The van der Waals surface area contributed by atoms with Crippen LogP contribution in [0.4, 0.5) is 11.4 Å². The summed E-state index contributed by atoms with van der Waals surface area (Å²) in [5.74, 6) is -0.132. The Bertz CT molecular complexity index is 640. The molecule has 1 aromatic carbocycles. The number of carbonyl (C=O) groups is 1. The first-order valence-corrected chi connectivity index (χ1v) is 8.02. The smallest absolute Gasteiger partial charge is 0.269 e. The molecule has 1 amide bonds. The van der Waals surface area contributed by atoms with Gasteiger partial charge < -0.3 is 10.6 Å². The normalized spacial score (nSPS) is 11.1. The van der Waals surface area contributed by atoms with Crippen LogP contribution in [0.5, 0.6) is 0 Å². The number of anilines is 2. The second kappa shape index (κ2) is 7.27. The first-order chi connectivity index (χ1) is 10.9. The zero-order valence-electron chi connectivity index (χ0n) is 14.3. The summed E-state index contributed by atoms with van der Waals surface area (Å²) in [6, 6.07) is 12.0. The molecule has 0 unspecified atom stereocenters. The van der Waals surface area contributed by atoms with Gasteiger partial charge in [-0.15, -0.1) is 0 Å². The van der Waals surface area contributed by atoms with Crippen molar-refractivity contribution in [3.63, 3.8) is 0 Å². The van der Waals surface area contributed by atoms with Crippen molar-refractivity contribution in [1.82, 2.24) is 10.3 Å². The summed E-state index contributed by atoms with van der Waals surface area (Å²) in [7, 11) is 0. The van der Waals surface area contributed by atoms with Gasteiger partial charge >= 0.3 is 0 Å². The highest BCUT2D eigenvalue weighted by Gasteiger charge is 2.12. The maximum atomic E-state index is 11.8. The molecule has 0 bridgehead atoms. The summed E-state index contributed by atoms with van der Waals surface area (Å²) in [4.78, 5) is 16.0. The molecule has 4 nitrogen and oxygen atoms in total. The van der Waals surface area contributed by atoms with Crippen molar-refractivity contribution in [3.05, 3.63) is 53.9 Å². The average molecular weight is 311 g/mol. The molecule has 0 radical (unpaired) electrons. The van der Waals surface area contributed by atoms with Crippen LogP contribution in [0.3, 0.4) is 0 Å². The maximum absolute atomic E-state index is 11.8. The molecular weight excluding hydrogens is 286 g/mol. The van der Waals surface area contributed by atoms with E-state index >= 15 is 0 Å². The molecule has 0 atom stereocenters.